The summed E-state index contributed by atoms with van der Waals surface area (Å²) in [5.41, 5.74) is 8.51. The summed E-state index contributed by atoms with van der Waals surface area (Å²) < 4.78 is 24.5. The van der Waals surface area contributed by atoms with Crippen LogP contribution in [0.5, 0.6) is 23.0 Å². The lowest BCUT2D eigenvalue weighted by molar-refractivity contribution is 0.355. The van der Waals surface area contributed by atoms with E-state index in [1.807, 2.05) is 73.1 Å². The third-order valence-corrected chi connectivity index (χ3v) is 9.90. The molecule has 2 aliphatic rings. The molecule has 12 nitrogen and oxygen atoms in total. The molecule has 0 spiro atoms. The second-order valence-electron chi connectivity index (χ2n) is 13.3. The van der Waals surface area contributed by atoms with E-state index in [9.17, 15) is 9.59 Å². The van der Waals surface area contributed by atoms with Gasteiger partial charge in [-0.05, 0) is 109 Å². The minimum absolute atomic E-state index is 0.106. The highest BCUT2D eigenvalue weighted by Crippen LogP contribution is 2.33. The van der Waals surface area contributed by atoms with E-state index in [2.05, 4.69) is 39.4 Å². The predicted molar refractivity (Wildman–Crippen MR) is 216 cm³/mol. The van der Waals surface area contributed by atoms with Gasteiger partial charge in [-0.15, -0.1) is 0 Å². The van der Waals surface area contributed by atoms with Crippen molar-refractivity contribution in [3.8, 4) is 45.5 Å². The molecule has 0 amide bonds. The third-order valence-electron chi connectivity index (χ3n) is 9.90. The number of nitrogens with one attached hydrogen (secondary N) is 1. The summed E-state index contributed by atoms with van der Waals surface area (Å²) in [4.78, 5) is 37.1. The average Bonchev–Trinajstić information content (AvgIpc) is 3.23. The number of hydrogen-bond donors (Lipinski definition) is 1. The van der Waals surface area contributed by atoms with Crippen molar-refractivity contribution in [2.45, 2.75) is 12.8 Å². The third kappa shape index (κ3) is 8.01. The zero-order chi connectivity index (χ0) is 38.5. The maximum absolute atomic E-state index is 12.8. The van der Waals surface area contributed by atoms with E-state index in [0.717, 1.165) is 61.3 Å². The number of hydrogen-bond acceptors (Lipinski definition) is 10. The first-order valence-electron chi connectivity index (χ1n) is 18.1. The standard InChI is InChI=1S/C22H23N3O3.C21H21N3O3/c1-24-10-8-15(9-11-24)17-5-7-21-23-18(13-22(26)25(21)14-17)16-4-6-19(27-2)20(12-16)28-3;1-26-18-5-3-15(11-19(18)27-2)17-12-21(25)24-13-16(4-6-20(24)23-17)14-7-9-22-10-8-14/h4-8,12-14H,9-11H2,1-3H3;3-7,11-13,22H,8-10H2,1-2H3. The van der Waals surface area contributed by atoms with Gasteiger partial charge in [0.25, 0.3) is 11.1 Å². The fraction of sp³-hybridized carbons (Fsp3) is 0.256. The van der Waals surface area contributed by atoms with Gasteiger partial charge in [0.1, 0.15) is 11.3 Å². The van der Waals surface area contributed by atoms with E-state index < -0.39 is 0 Å². The largest absolute Gasteiger partial charge is 0.493 e. The van der Waals surface area contributed by atoms with Crippen molar-refractivity contribution >= 4 is 22.4 Å². The van der Waals surface area contributed by atoms with Crippen LogP contribution in [-0.4, -0.2) is 85.3 Å². The van der Waals surface area contributed by atoms with Crippen LogP contribution < -0.4 is 35.4 Å². The van der Waals surface area contributed by atoms with E-state index in [4.69, 9.17) is 18.9 Å². The Bertz CT molecular complexity index is 2560. The molecule has 4 aromatic heterocycles. The second-order valence-corrected chi connectivity index (χ2v) is 13.3. The lowest BCUT2D eigenvalue weighted by Gasteiger charge is -2.22. The van der Waals surface area contributed by atoms with E-state index in [1.165, 1.54) is 11.1 Å². The molecule has 2 aliphatic heterocycles. The quantitative estimate of drug-likeness (QED) is 0.204. The summed E-state index contributed by atoms with van der Waals surface area (Å²) in [6.45, 7) is 3.77. The van der Waals surface area contributed by atoms with Crippen molar-refractivity contribution in [2.75, 3.05) is 61.7 Å². The molecule has 0 atom stereocenters. The van der Waals surface area contributed by atoms with Gasteiger partial charge in [0.05, 0.1) is 39.8 Å². The molecular formula is C43H44N6O6. The molecule has 282 valence electrons. The van der Waals surface area contributed by atoms with Gasteiger partial charge < -0.3 is 29.2 Å². The first kappa shape index (κ1) is 37.1. The summed E-state index contributed by atoms with van der Waals surface area (Å²) in [5, 5.41) is 3.30. The Kier molecular flexibility index (Phi) is 11.1. The Balaban J connectivity index is 0.000000169. The van der Waals surface area contributed by atoms with Crippen LogP contribution in [0.25, 0.3) is 45.0 Å². The monoisotopic (exact) mass is 740 g/mol. The van der Waals surface area contributed by atoms with Crippen LogP contribution in [0.15, 0.2) is 107 Å². The van der Waals surface area contributed by atoms with Crippen molar-refractivity contribution in [2.24, 2.45) is 0 Å². The van der Waals surface area contributed by atoms with Crippen LogP contribution in [0.1, 0.15) is 24.0 Å². The van der Waals surface area contributed by atoms with Crippen LogP contribution in [-0.2, 0) is 0 Å². The fourth-order valence-corrected chi connectivity index (χ4v) is 6.79. The van der Waals surface area contributed by atoms with E-state index in [-0.39, 0.29) is 11.1 Å². The number of pyridine rings is 2. The molecule has 1 N–H and O–H groups in total. The van der Waals surface area contributed by atoms with Gasteiger partial charge in [0.2, 0.25) is 0 Å². The van der Waals surface area contributed by atoms with Crippen LogP contribution in [0.2, 0.25) is 0 Å². The van der Waals surface area contributed by atoms with Crippen LogP contribution >= 0.6 is 0 Å². The molecule has 0 fully saturated rings. The van der Waals surface area contributed by atoms with Gasteiger partial charge >= 0.3 is 0 Å². The molecule has 8 rings (SSSR count). The highest BCUT2D eigenvalue weighted by molar-refractivity contribution is 5.71. The maximum atomic E-state index is 12.8. The molecule has 0 saturated heterocycles. The van der Waals surface area contributed by atoms with Crippen molar-refractivity contribution in [3.05, 3.63) is 129 Å². The Morgan fingerprint density at radius 1 is 0.582 bits per heavy atom. The molecule has 0 bridgehead atoms. The van der Waals surface area contributed by atoms with E-state index in [1.54, 1.807) is 49.4 Å². The second kappa shape index (κ2) is 16.4. The van der Waals surface area contributed by atoms with Gasteiger partial charge in [-0.25, -0.2) is 9.97 Å². The summed E-state index contributed by atoms with van der Waals surface area (Å²) in [6, 6.07) is 22.0. The normalized spacial score (nSPS) is 14.4. The number of nitrogens with zero attached hydrogens (tertiary/aromatic N) is 5. The molecule has 0 saturated carbocycles. The molecule has 0 radical (unpaired) electrons. The van der Waals surface area contributed by atoms with Crippen LogP contribution in [0.4, 0.5) is 0 Å². The molecule has 6 heterocycles. The summed E-state index contributed by atoms with van der Waals surface area (Å²) in [7, 11) is 8.46. The minimum atomic E-state index is -0.110. The Morgan fingerprint density at radius 2 is 1.07 bits per heavy atom. The average molecular weight is 741 g/mol. The molecule has 2 aromatic carbocycles. The SMILES string of the molecule is COc1ccc(-c2cc(=O)n3cc(C4=CCN(C)CC4)ccc3n2)cc1OC.COc1ccc(-c2cc(=O)n3cc(C4=CCNCC4)ccc3n2)cc1OC. The molecule has 12 heteroatoms. The van der Waals surface area contributed by atoms with Crippen molar-refractivity contribution < 1.29 is 18.9 Å². The zero-order valence-corrected chi connectivity index (χ0v) is 31.7. The lowest BCUT2D eigenvalue weighted by Crippen LogP contribution is -2.24. The van der Waals surface area contributed by atoms with Gasteiger partial charge in [-0.2, -0.15) is 0 Å². The van der Waals surface area contributed by atoms with Gasteiger partial charge in [0, 0.05) is 55.3 Å². The van der Waals surface area contributed by atoms with Crippen molar-refractivity contribution in [1.29, 1.82) is 0 Å². The van der Waals surface area contributed by atoms with Crippen LogP contribution in [0, 0.1) is 0 Å². The van der Waals surface area contributed by atoms with Crippen LogP contribution in [0.3, 0.4) is 0 Å². The molecule has 0 aliphatic carbocycles. The molecule has 6 aromatic rings. The highest BCUT2D eigenvalue weighted by atomic mass is 16.5. The number of fused-ring (bicyclic) bond motifs is 2. The maximum Gasteiger partial charge on any atom is 0.258 e. The summed E-state index contributed by atoms with van der Waals surface area (Å²) >= 11 is 0. The van der Waals surface area contributed by atoms with E-state index in [0.29, 0.717) is 45.7 Å². The topological polar surface area (TPSA) is 121 Å². The smallest absolute Gasteiger partial charge is 0.258 e. The zero-order valence-electron chi connectivity index (χ0n) is 31.7. The number of likely N-dealkylation sites (N-methyl/N-ethyl adjacent to an activating group) is 1. The summed E-state index contributed by atoms with van der Waals surface area (Å²) in [6.07, 6.45) is 10.1. The highest BCUT2D eigenvalue weighted by Gasteiger charge is 2.14. The Hall–Kier alpha value is -6.24. The number of ether oxygens (including phenoxy) is 4. The number of rotatable bonds is 8. The van der Waals surface area contributed by atoms with Gasteiger partial charge in [0.15, 0.2) is 23.0 Å². The van der Waals surface area contributed by atoms with Crippen molar-refractivity contribution in [1.82, 2.24) is 29.0 Å². The Morgan fingerprint density at radius 3 is 1.51 bits per heavy atom. The van der Waals surface area contributed by atoms with Gasteiger partial charge in [-0.3, -0.25) is 18.4 Å². The first-order valence-corrected chi connectivity index (χ1v) is 18.1. The minimum Gasteiger partial charge on any atom is -0.493 e. The number of benzene rings is 2. The fourth-order valence-electron chi connectivity index (χ4n) is 6.79. The van der Waals surface area contributed by atoms with Gasteiger partial charge in [-0.1, -0.05) is 12.2 Å². The lowest BCUT2D eigenvalue weighted by atomic mass is 10.0. The Labute approximate surface area is 318 Å². The number of methoxy groups -OCH3 is 4. The molecular weight excluding hydrogens is 697 g/mol. The molecule has 55 heavy (non-hydrogen) atoms. The number of aromatic nitrogens is 4. The van der Waals surface area contributed by atoms with Crippen molar-refractivity contribution in [3.63, 3.8) is 0 Å². The van der Waals surface area contributed by atoms with E-state index >= 15 is 0 Å². The predicted octanol–water partition coefficient (Wildman–Crippen LogP) is 5.85. The first-order chi connectivity index (χ1) is 26.8. The summed E-state index contributed by atoms with van der Waals surface area (Å²) in [5.74, 6) is 2.48. The molecule has 0 unspecified atom stereocenters.